The number of carbonyl (C=O) groups excluding carboxylic acids is 3. The molecule has 0 bridgehead atoms. The molecule has 0 saturated carbocycles. The lowest BCUT2D eigenvalue weighted by Gasteiger charge is -2.18. The second kappa shape index (κ2) is 69.9. The van der Waals surface area contributed by atoms with Crippen molar-refractivity contribution in [1.29, 1.82) is 0 Å². The smallest absolute Gasteiger partial charge is 0.306 e. The Morgan fingerprint density at radius 3 is 0.753 bits per heavy atom. The van der Waals surface area contributed by atoms with Crippen LogP contribution in [0.1, 0.15) is 393 Å². The van der Waals surface area contributed by atoms with Gasteiger partial charge >= 0.3 is 17.9 Å². The number of hydrogen-bond donors (Lipinski definition) is 0. The van der Waals surface area contributed by atoms with E-state index in [-0.39, 0.29) is 31.1 Å². The van der Waals surface area contributed by atoms with E-state index >= 15 is 0 Å². The average molecular weight is 1140 g/mol. The summed E-state index contributed by atoms with van der Waals surface area (Å²) >= 11 is 0. The van der Waals surface area contributed by atoms with Crippen molar-refractivity contribution in [2.75, 3.05) is 13.2 Å². The highest BCUT2D eigenvalue weighted by atomic mass is 16.6. The van der Waals surface area contributed by atoms with Gasteiger partial charge in [-0.3, -0.25) is 14.4 Å². The van der Waals surface area contributed by atoms with Crippen LogP contribution in [0.2, 0.25) is 0 Å². The molecule has 0 spiro atoms. The van der Waals surface area contributed by atoms with Gasteiger partial charge in [-0.05, 0) is 57.8 Å². The fraction of sp³-hybridized carbons (Fsp3) is 0.853. The van der Waals surface area contributed by atoms with Gasteiger partial charge in [-0.25, -0.2) is 0 Å². The molecule has 1 unspecified atom stereocenters. The van der Waals surface area contributed by atoms with Crippen molar-refractivity contribution >= 4 is 17.9 Å². The molecule has 0 heterocycles. The van der Waals surface area contributed by atoms with Crippen LogP contribution < -0.4 is 0 Å². The number of rotatable bonds is 67. The first-order valence-electron chi connectivity index (χ1n) is 36.1. The topological polar surface area (TPSA) is 78.9 Å². The molecular formula is C75H138O6. The first-order chi connectivity index (χ1) is 40.0. The maximum atomic E-state index is 12.9. The Balaban J connectivity index is 3.99. The summed E-state index contributed by atoms with van der Waals surface area (Å²) in [4.78, 5) is 38.2. The lowest BCUT2D eigenvalue weighted by molar-refractivity contribution is -0.167. The predicted octanol–water partition coefficient (Wildman–Crippen LogP) is 24.9. The Hall–Kier alpha value is -2.63. The molecule has 0 saturated heterocycles. The van der Waals surface area contributed by atoms with Crippen molar-refractivity contribution in [1.82, 2.24) is 0 Å². The quantitative estimate of drug-likeness (QED) is 0.0261. The van der Waals surface area contributed by atoms with Crippen molar-refractivity contribution in [2.45, 2.75) is 399 Å². The van der Waals surface area contributed by atoms with E-state index in [1.165, 1.54) is 270 Å². The van der Waals surface area contributed by atoms with E-state index < -0.39 is 6.10 Å². The molecule has 0 aromatic heterocycles. The number of ether oxygens (including phenoxy) is 3. The van der Waals surface area contributed by atoms with E-state index in [4.69, 9.17) is 14.2 Å². The molecule has 1 atom stereocenters. The van der Waals surface area contributed by atoms with E-state index in [0.29, 0.717) is 19.3 Å². The predicted molar refractivity (Wildman–Crippen MR) is 353 cm³/mol. The van der Waals surface area contributed by atoms with Crippen LogP contribution in [0.15, 0.2) is 48.6 Å². The standard InChI is InChI=1S/C75H138O6/c1-4-7-10-13-16-18-20-22-24-26-28-30-32-34-35-36-37-38-39-41-42-44-46-48-50-52-54-56-59-62-65-68-74(77)80-71-72(70-79-73(76)67-64-61-58-15-12-9-6-3)81-75(78)69-66-63-60-57-55-53-51-49-47-45-43-40-33-31-29-27-25-23-21-19-17-14-11-8-5-2/h7,10,16,18,22,24,28,30,72H,4-6,8-9,11-15,17,19-21,23,25-27,29,31-71H2,1-3H3/b10-7-,18-16-,24-22-,30-28-. The molecule has 0 N–H and O–H groups in total. The highest BCUT2D eigenvalue weighted by Crippen LogP contribution is 2.19. The summed E-state index contributed by atoms with van der Waals surface area (Å²) < 4.78 is 16.9. The van der Waals surface area contributed by atoms with Gasteiger partial charge in [0.15, 0.2) is 6.10 Å². The first kappa shape index (κ1) is 78.4. The van der Waals surface area contributed by atoms with E-state index in [0.717, 1.165) is 83.5 Å². The Bertz CT molecular complexity index is 1400. The third kappa shape index (κ3) is 68.0. The van der Waals surface area contributed by atoms with Gasteiger partial charge in [-0.1, -0.05) is 365 Å². The second-order valence-electron chi connectivity index (χ2n) is 24.5. The van der Waals surface area contributed by atoms with Crippen molar-refractivity contribution in [3.8, 4) is 0 Å². The highest BCUT2D eigenvalue weighted by molar-refractivity contribution is 5.71. The van der Waals surface area contributed by atoms with E-state index in [1.54, 1.807) is 0 Å². The maximum absolute atomic E-state index is 12.9. The van der Waals surface area contributed by atoms with Gasteiger partial charge < -0.3 is 14.2 Å². The van der Waals surface area contributed by atoms with E-state index in [9.17, 15) is 14.4 Å². The Morgan fingerprint density at radius 1 is 0.259 bits per heavy atom. The summed E-state index contributed by atoms with van der Waals surface area (Å²) in [6, 6.07) is 0. The largest absolute Gasteiger partial charge is 0.462 e. The third-order valence-electron chi connectivity index (χ3n) is 16.3. The molecule has 0 aliphatic rings. The third-order valence-corrected chi connectivity index (χ3v) is 16.3. The summed E-state index contributed by atoms with van der Waals surface area (Å²) in [5, 5.41) is 0. The van der Waals surface area contributed by atoms with Gasteiger partial charge in [-0.2, -0.15) is 0 Å². The molecule has 6 heteroatoms. The van der Waals surface area contributed by atoms with Crippen LogP contribution in [0.5, 0.6) is 0 Å². The van der Waals surface area contributed by atoms with Gasteiger partial charge in [0.25, 0.3) is 0 Å². The Morgan fingerprint density at radius 2 is 0.481 bits per heavy atom. The van der Waals surface area contributed by atoms with Gasteiger partial charge in [0, 0.05) is 19.3 Å². The summed E-state index contributed by atoms with van der Waals surface area (Å²) in [6.45, 7) is 6.56. The van der Waals surface area contributed by atoms with Gasteiger partial charge in [0.05, 0.1) is 0 Å². The molecule has 0 amide bonds. The Kier molecular flexibility index (Phi) is 67.6. The summed E-state index contributed by atoms with van der Waals surface area (Å²) in [7, 11) is 0. The first-order valence-corrected chi connectivity index (χ1v) is 36.1. The molecule has 0 aromatic carbocycles. The fourth-order valence-corrected chi connectivity index (χ4v) is 11.0. The van der Waals surface area contributed by atoms with Gasteiger partial charge in [0.1, 0.15) is 13.2 Å². The molecule has 0 rings (SSSR count). The fourth-order valence-electron chi connectivity index (χ4n) is 11.0. The van der Waals surface area contributed by atoms with Gasteiger partial charge in [0.2, 0.25) is 0 Å². The molecule has 0 radical (unpaired) electrons. The zero-order valence-corrected chi connectivity index (χ0v) is 54.6. The highest BCUT2D eigenvalue weighted by Gasteiger charge is 2.19. The monoisotopic (exact) mass is 1140 g/mol. The molecule has 0 aliphatic heterocycles. The normalized spacial score (nSPS) is 12.3. The minimum Gasteiger partial charge on any atom is -0.462 e. The molecule has 0 aromatic rings. The summed E-state index contributed by atoms with van der Waals surface area (Å²) in [6.07, 6.45) is 89.0. The van der Waals surface area contributed by atoms with E-state index in [1.807, 2.05) is 0 Å². The lowest BCUT2D eigenvalue weighted by Crippen LogP contribution is -2.30. The van der Waals surface area contributed by atoms with Crippen LogP contribution in [-0.4, -0.2) is 37.2 Å². The summed E-state index contributed by atoms with van der Waals surface area (Å²) in [5.41, 5.74) is 0. The minimum atomic E-state index is -0.767. The molecule has 6 nitrogen and oxygen atoms in total. The SMILES string of the molecule is CC/C=C\C/C=C\C/C=C\C/C=C\CCCCCCCCCCCCCCCCCCCCC(=O)OCC(COC(=O)CCCCCCCCC)OC(=O)CCCCCCCCCCCCCCCCCCCCCCCCCCC. The average Bonchev–Trinajstić information content (AvgIpc) is 3.46. The molecule has 0 aliphatic carbocycles. The molecule has 81 heavy (non-hydrogen) atoms. The van der Waals surface area contributed by atoms with Crippen LogP contribution in [0.25, 0.3) is 0 Å². The number of unbranched alkanes of at least 4 members (excludes halogenated alkanes) is 48. The van der Waals surface area contributed by atoms with Crippen molar-refractivity contribution < 1.29 is 28.6 Å². The van der Waals surface area contributed by atoms with Crippen molar-refractivity contribution in [3.05, 3.63) is 48.6 Å². The van der Waals surface area contributed by atoms with Crippen LogP contribution in [0.4, 0.5) is 0 Å². The molecular weight excluding hydrogens is 997 g/mol. The maximum Gasteiger partial charge on any atom is 0.306 e. The number of hydrogen-bond acceptors (Lipinski definition) is 6. The van der Waals surface area contributed by atoms with Crippen LogP contribution in [0.3, 0.4) is 0 Å². The van der Waals surface area contributed by atoms with Crippen molar-refractivity contribution in [3.63, 3.8) is 0 Å². The van der Waals surface area contributed by atoms with E-state index in [2.05, 4.69) is 69.4 Å². The zero-order valence-electron chi connectivity index (χ0n) is 54.6. The number of esters is 3. The Labute approximate surface area is 505 Å². The van der Waals surface area contributed by atoms with Crippen LogP contribution in [-0.2, 0) is 28.6 Å². The van der Waals surface area contributed by atoms with Crippen LogP contribution in [0, 0.1) is 0 Å². The zero-order chi connectivity index (χ0) is 58.5. The minimum absolute atomic E-state index is 0.0661. The second-order valence-corrected chi connectivity index (χ2v) is 24.5. The number of carbonyl (C=O) groups is 3. The molecule has 474 valence electrons. The number of allylic oxidation sites excluding steroid dienone is 8. The van der Waals surface area contributed by atoms with Crippen molar-refractivity contribution in [2.24, 2.45) is 0 Å². The van der Waals surface area contributed by atoms with Gasteiger partial charge in [-0.15, -0.1) is 0 Å². The lowest BCUT2D eigenvalue weighted by atomic mass is 10.0. The van der Waals surface area contributed by atoms with Crippen LogP contribution >= 0.6 is 0 Å². The summed E-state index contributed by atoms with van der Waals surface area (Å²) in [5.74, 6) is -0.844. The molecule has 0 fully saturated rings.